The average Bonchev–Trinajstić information content (AvgIpc) is 3.21. The zero-order valence-corrected chi connectivity index (χ0v) is 14.1. The number of nitrogens with zero attached hydrogens (tertiary/aromatic N) is 3. The van der Waals surface area contributed by atoms with Gasteiger partial charge < -0.3 is 5.32 Å². The summed E-state index contributed by atoms with van der Waals surface area (Å²) in [6.07, 6.45) is -1.11. The van der Waals surface area contributed by atoms with E-state index in [9.17, 15) is 13.6 Å². The third-order valence-corrected chi connectivity index (χ3v) is 4.54. The monoisotopic (exact) mass is 374 g/mol. The van der Waals surface area contributed by atoms with Crippen molar-refractivity contribution in [1.29, 1.82) is 0 Å². The van der Waals surface area contributed by atoms with Gasteiger partial charge in [-0.25, -0.2) is 18.4 Å². The van der Waals surface area contributed by atoms with Crippen molar-refractivity contribution in [2.24, 2.45) is 0 Å². The summed E-state index contributed by atoms with van der Waals surface area (Å²) in [7, 11) is 0. The largest absolute Gasteiger partial charge is 0.317 e. The lowest BCUT2D eigenvalue weighted by Crippen LogP contribution is -2.16. The van der Waals surface area contributed by atoms with Crippen LogP contribution in [-0.2, 0) is 0 Å². The number of carbonyl (C=O) groups is 1. The van der Waals surface area contributed by atoms with Gasteiger partial charge in [-0.1, -0.05) is 48.0 Å². The van der Waals surface area contributed by atoms with Gasteiger partial charge in [0, 0.05) is 6.42 Å². The highest BCUT2D eigenvalue weighted by Gasteiger charge is 2.36. The molecule has 2 heterocycles. The van der Waals surface area contributed by atoms with Crippen LogP contribution in [0.4, 0.5) is 14.5 Å². The predicted molar refractivity (Wildman–Crippen MR) is 92.4 cm³/mol. The minimum absolute atomic E-state index is 0.0890. The predicted octanol–water partition coefficient (Wildman–Crippen LogP) is 4.33. The molecule has 1 aliphatic rings. The first-order valence-corrected chi connectivity index (χ1v) is 8.33. The molecule has 0 aliphatic carbocycles. The molecule has 8 heteroatoms. The molecule has 0 spiro atoms. The molecule has 132 valence electrons. The molecule has 1 aliphatic heterocycles. The second-order valence-corrected chi connectivity index (χ2v) is 6.33. The number of amides is 1. The number of fused-ring (bicyclic) bond motifs is 1. The van der Waals surface area contributed by atoms with Gasteiger partial charge in [0.05, 0.1) is 16.8 Å². The minimum Gasteiger partial charge on any atom is -0.317 e. The van der Waals surface area contributed by atoms with Gasteiger partial charge >= 0.3 is 0 Å². The van der Waals surface area contributed by atoms with Crippen molar-refractivity contribution < 1.29 is 13.6 Å². The standard InChI is InChI=1S/C18H13ClF2N4O/c19-11-7-4-8-13(15(11)21)22-18(26)16-23-17-12(20)9-14(25(17)24-16)10-5-2-1-3-6-10/h1-8,12,14H,9H2,(H,22,26)/t12-,14-/m0/s1. The van der Waals surface area contributed by atoms with Crippen LogP contribution in [0.25, 0.3) is 0 Å². The van der Waals surface area contributed by atoms with Crippen LogP contribution in [0.5, 0.6) is 0 Å². The molecule has 26 heavy (non-hydrogen) atoms. The first-order chi connectivity index (χ1) is 12.5. The molecule has 2 atom stereocenters. The first-order valence-electron chi connectivity index (χ1n) is 7.95. The first kappa shape index (κ1) is 16.7. The second-order valence-electron chi connectivity index (χ2n) is 5.92. The van der Waals surface area contributed by atoms with Gasteiger partial charge in [-0.2, -0.15) is 0 Å². The molecule has 0 unspecified atom stereocenters. The normalized spacial score (nSPS) is 18.6. The van der Waals surface area contributed by atoms with Gasteiger partial charge in [0.2, 0.25) is 5.82 Å². The maximum Gasteiger partial charge on any atom is 0.295 e. The Labute approximate surface area is 152 Å². The lowest BCUT2D eigenvalue weighted by Gasteiger charge is -2.11. The molecule has 1 amide bonds. The number of rotatable bonds is 3. The molecule has 4 rings (SSSR count). The van der Waals surface area contributed by atoms with E-state index in [0.717, 1.165) is 5.56 Å². The van der Waals surface area contributed by atoms with Crippen molar-refractivity contribution in [2.45, 2.75) is 18.6 Å². The summed E-state index contributed by atoms with van der Waals surface area (Å²) in [4.78, 5) is 16.4. The van der Waals surface area contributed by atoms with Gasteiger partial charge in [-0.3, -0.25) is 4.79 Å². The third kappa shape index (κ3) is 2.84. The third-order valence-electron chi connectivity index (χ3n) is 4.25. The molecule has 2 aromatic carbocycles. The van der Waals surface area contributed by atoms with Crippen LogP contribution in [0.1, 0.15) is 40.6 Å². The number of nitrogens with one attached hydrogen (secondary N) is 1. The molecule has 0 saturated carbocycles. The number of hydrogen-bond donors (Lipinski definition) is 1. The second kappa shape index (κ2) is 6.49. The van der Waals surface area contributed by atoms with E-state index >= 15 is 0 Å². The van der Waals surface area contributed by atoms with Crippen LogP contribution in [0, 0.1) is 5.82 Å². The zero-order chi connectivity index (χ0) is 18.3. The Morgan fingerprint density at radius 3 is 2.73 bits per heavy atom. The maximum absolute atomic E-state index is 14.3. The summed E-state index contributed by atoms with van der Waals surface area (Å²) in [6.45, 7) is 0. The summed E-state index contributed by atoms with van der Waals surface area (Å²) >= 11 is 5.70. The number of anilines is 1. The van der Waals surface area contributed by atoms with E-state index in [4.69, 9.17) is 11.6 Å². The summed E-state index contributed by atoms with van der Waals surface area (Å²) in [5, 5.41) is 6.40. The Hall–Kier alpha value is -2.80. The van der Waals surface area contributed by atoms with Crippen LogP contribution < -0.4 is 5.32 Å². The molecule has 0 bridgehead atoms. The molecule has 0 saturated heterocycles. The van der Waals surface area contributed by atoms with E-state index < -0.39 is 17.9 Å². The van der Waals surface area contributed by atoms with Crippen molar-refractivity contribution in [1.82, 2.24) is 14.8 Å². The fraction of sp³-hybridized carbons (Fsp3) is 0.167. The molecule has 0 radical (unpaired) electrons. The Kier molecular flexibility index (Phi) is 4.16. The Bertz CT molecular complexity index is 977. The van der Waals surface area contributed by atoms with Crippen molar-refractivity contribution in [3.63, 3.8) is 0 Å². The fourth-order valence-corrected chi connectivity index (χ4v) is 3.18. The number of hydrogen-bond acceptors (Lipinski definition) is 3. The molecule has 1 aromatic heterocycles. The van der Waals surface area contributed by atoms with Crippen LogP contribution in [0.2, 0.25) is 5.02 Å². The lowest BCUT2D eigenvalue weighted by molar-refractivity contribution is 0.101. The topological polar surface area (TPSA) is 59.8 Å². The lowest BCUT2D eigenvalue weighted by atomic mass is 10.0. The zero-order valence-electron chi connectivity index (χ0n) is 13.4. The van der Waals surface area contributed by atoms with Gasteiger partial charge in [0.15, 0.2) is 17.8 Å². The summed E-state index contributed by atoms with van der Waals surface area (Å²) in [5.41, 5.74) is 0.792. The van der Waals surface area contributed by atoms with E-state index in [1.807, 2.05) is 30.3 Å². The Morgan fingerprint density at radius 1 is 1.19 bits per heavy atom. The molecule has 3 aromatic rings. The number of alkyl halides is 1. The van der Waals surface area contributed by atoms with Crippen LogP contribution in [-0.4, -0.2) is 20.7 Å². The van der Waals surface area contributed by atoms with Gasteiger partial charge in [-0.15, -0.1) is 5.10 Å². The van der Waals surface area contributed by atoms with Crippen LogP contribution in [0.3, 0.4) is 0 Å². The van der Waals surface area contributed by atoms with E-state index in [1.165, 1.54) is 22.9 Å². The highest BCUT2D eigenvalue weighted by atomic mass is 35.5. The van der Waals surface area contributed by atoms with Crippen molar-refractivity contribution in [2.75, 3.05) is 5.32 Å². The Balaban J connectivity index is 1.63. The SMILES string of the molecule is O=C(Nc1cccc(Cl)c1F)c1nc2n(n1)[C@H](c1ccccc1)C[C@@H]2F. The minimum atomic E-state index is -1.32. The molecule has 0 fully saturated rings. The van der Waals surface area contributed by atoms with Gasteiger partial charge in [-0.05, 0) is 17.7 Å². The van der Waals surface area contributed by atoms with E-state index in [0.29, 0.717) is 0 Å². The number of halogens is 3. The van der Waals surface area contributed by atoms with Gasteiger partial charge in [0.1, 0.15) is 0 Å². The van der Waals surface area contributed by atoms with Crippen molar-refractivity contribution >= 4 is 23.2 Å². The highest BCUT2D eigenvalue weighted by molar-refractivity contribution is 6.31. The summed E-state index contributed by atoms with van der Waals surface area (Å²) in [6, 6.07) is 13.2. The van der Waals surface area contributed by atoms with Gasteiger partial charge in [0.25, 0.3) is 5.91 Å². The quantitative estimate of drug-likeness (QED) is 0.742. The number of benzene rings is 2. The number of aromatic nitrogens is 3. The maximum atomic E-state index is 14.3. The van der Waals surface area contributed by atoms with Crippen molar-refractivity contribution in [3.8, 4) is 0 Å². The molecular weight excluding hydrogens is 362 g/mol. The van der Waals surface area contributed by atoms with Crippen LogP contribution >= 0.6 is 11.6 Å². The van der Waals surface area contributed by atoms with E-state index in [-0.39, 0.29) is 34.8 Å². The summed E-state index contributed by atoms with van der Waals surface area (Å²) in [5.74, 6) is -1.61. The Morgan fingerprint density at radius 2 is 1.96 bits per heavy atom. The molecule has 5 nitrogen and oxygen atoms in total. The van der Waals surface area contributed by atoms with E-state index in [1.54, 1.807) is 0 Å². The summed E-state index contributed by atoms with van der Waals surface area (Å²) < 4.78 is 29.7. The smallest absolute Gasteiger partial charge is 0.295 e. The molecule has 1 N–H and O–H groups in total. The van der Waals surface area contributed by atoms with E-state index in [2.05, 4.69) is 15.4 Å². The van der Waals surface area contributed by atoms with Crippen molar-refractivity contribution in [3.05, 3.63) is 76.6 Å². The van der Waals surface area contributed by atoms with Crippen LogP contribution in [0.15, 0.2) is 48.5 Å². The average molecular weight is 375 g/mol. The number of carbonyl (C=O) groups excluding carboxylic acids is 1. The molecular formula is C18H13ClF2N4O. The fourth-order valence-electron chi connectivity index (χ4n) is 3.01. The highest BCUT2D eigenvalue weighted by Crippen LogP contribution is 2.39.